The molecule has 0 aliphatic rings. The number of hydrogen-bond acceptors (Lipinski definition) is 2. The number of carbonyl (C=O) groups is 1. The standard InChI is InChI=1S/C13H15N3O/c1-11(17)14-8-10-16-9-7-13(15-16)12-5-3-2-4-6-12/h2-7,9H,8,10H2,1H3,(H,14,17). The zero-order valence-electron chi connectivity index (χ0n) is 9.76. The minimum Gasteiger partial charge on any atom is -0.354 e. The molecule has 0 saturated heterocycles. The van der Waals surface area contributed by atoms with Crippen molar-refractivity contribution >= 4 is 5.91 Å². The quantitative estimate of drug-likeness (QED) is 0.867. The molecule has 0 atom stereocenters. The molecule has 0 aliphatic carbocycles. The highest BCUT2D eigenvalue weighted by Gasteiger charge is 2.01. The van der Waals surface area contributed by atoms with Crippen LogP contribution in [0.15, 0.2) is 42.6 Å². The Morgan fingerprint density at radius 1 is 1.29 bits per heavy atom. The number of nitrogens with zero attached hydrogens (tertiary/aromatic N) is 2. The van der Waals surface area contributed by atoms with Crippen molar-refractivity contribution in [2.45, 2.75) is 13.5 Å². The summed E-state index contributed by atoms with van der Waals surface area (Å²) in [6.45, 7) is 2.80. The molecule has 1 aromatic heterocycles. The van der Waals surface area contributed by atoms with Crippen LogP contribution in [-0.2, 0) is 11.3 Å². The van der Waals surface area contributed by atoms with E-state index in [4.69, 9.17) is 0 Å². The molecule has 0 bridgehead atoms. The summed E-state index contributed by atoms with van der Waals surface area (Å²) in [5, 5.41) is 7.19. The highest BCUT2D eigenvalue weighted by molar-refractivity contribution is 5.72. The molecule has 1 amide bonds. The van der Waals surface area contributed by atoms with E-state index in [2.05, 4.69) is 10.4 Å². The molecule has 1 heterocycles. The number of benzene rings is 1. The van der Waals surface area contributed by atoms with Gasteiger partial charge in [-0.2, -0.15) is 5.10 Å². The lowest BCUT2D eigenvalue weighted by atomic mass is 10.2. The van der Waals surface area contributed by atoms with Crippen LogP contribution in [0.3, 0.4) is 0 Å². The van der Waals surface area contributed by atoms with Crippen molar-refractivity contribution < 1.29 is 4.79 Å². The van der Waals surface area contributed by atoms with Gasteiger partial charge in [-0.1, -0.05) is 30.3 Å². The Bertz CT molecular complexity index is 490. The molecule has 1 N–H and O–H groups in total. The van der Waals surface area contributed by atoms with Crippen LogP contribution < -0.4 is 5.32 Å². The summed E-state index contributed by atoms with van der Waals surface area (Å²) in [4.78, 5) is 10.7. The first-order valence-electron chi connectivity index (χ1n) is 5.59. The summed E-state index contributed by atoms with van der Waals surface area (Å²) in [6, 6.07) is 12.0. The molecule has 1 aromatic carbocycles. The van der Waals surface area contributed by atoms with Gasteiger partial charge in [-0.25, -0.2) is 0 Å². The predicted molar refractivity (Wildman–Crippen MR) is 66.3 cm³/mol. The Hall–Kier alpha value is -2.10. The number of hydrogen-bond donors (Lipinski definition) is 1. The fraction of sp³-hybridized carbons (Fsp3) is 0.231. The minimum absolute atomic E-state index is 0.0135. The maximum atomic E-state index is 10.7. The van der Waals surface area contributed by atoms with Crippen LogP contribution in [0, 0.1) is 0 Å². The van der Waals surface area contributed by atoms with Gasteiger partial charge >= 0.3 is 0 Å². The maximum absolute atomic E-state index is 10.7. The topological polar surface area (TPSA) is 46.9 Å². The molecule has 17 heavy (non-hydrogen) atoms. The van der Waals surface area contributed by atoms with Crippen LogP contribution in [-0.4, -0.2) is 22.2 Å². The third-order valence-corrected chi connectivity index (χ3v) is 2.43. The second-order valence-corrected chi connectivity index (χ2v) is 3.81. The Morgan fingerprint density at radius 2 is 2.06 bits per heavy atom. The minimum atomic E-state index is -0.0135. The normalized spacial score (nSPS) is 10.2. The monoisotopic (exact) mass is 229 g/mol. The summed E-state index contributed by atoms with van der Waals surface area (Å²) in [5.74, 6) is -0.0135. The van der Waals surface area contributed by atoms with Crippen LogP contribution in [0.25, 0.3) is 11.3 Å². The predicted octanol–water partition coefficient (Wildman–Crippen LogP) is 1.69. The molecule has 0 aliphatic heterocycles. The zero-order chi connectivity index (χ0) is 12.1. The molecular formula is C13H15N3O. The molecule has 4 nitrogen and oxygen atoms in total. The van der Waals surface area contributed by atoms with Crippen molar-refractivity contribution in [1.82, 2.24) is 15.1 Å². The summed E-state index contributed by atoms with van der Waals surface area (Å²) in [7, 11) is 0. The van der Waals surface area contributed by atoms with Gasteiger partial charge in [-0.15, -0.1) is 0 Å². The lowest BCUT2D eigenvalue weighted by Crippen LogP contribution is -2.24. The zero-order valence-corrected chi connectivity index (χ0v) is 9.76. The fourth-order valence-corrected chi connectivity index (χ4v) is 1.60. The van der Waals surface area contributed by atoms with Gasteiger partial charge in [-0.3, -0.25) is 9.48 Å². The summed E-state index contributed by atoms with van der Waals surface area (Å²) in [5.41, 5.74) is 2.05. The van der Waals surface area contributed by atoms with Gasteiger partial charge in [0.15, 0.2) is 0 Å². The van der Waals surface area contributed by atoms with Gasteiger partial charge in [-0.05, 0) is 6.07 Å². The largest absolute Gasteiger partial charge is 0.354 e. The van der Waals surface area contributed by atoms with E-state index in [0.717, 1.165) is 11.3 Å². The van der Waals surface area contributed by atoms with Crippen LogP contribution in [0.4, 0.5) is 0 Å². The Morgan fingerprint density at radius 3 is 2.76 bits per heavy atom. The van der Waals surface area contributed by atoms with Crippen molar-refractivity contribution in [3.05, 3.63) is 42.6 Å². The van der Waals surface area contributed by atoms with E-state index in [1.165, 1.54) is 6.92 Å². The number of rotatable bonds is 4. The number of carbonyl (C=O) groups excluding carboxylic acids is 1. The van der Waals surface area contributed by atoms with Crippen LogP contribution in [0.1, 0.15) is 6.92 Å². The van der Waals surface area contributed by atoms with E-state index in [1.54, 1.807) is 0 Å². The third kappa shape index (κ3) is 3.17. The molecule has 88 valence electrons. The second kappa shape index (κ2) is 5.30. The summed E-state index contributed by atoms with van der Waals surface area (Å²) in [6.07, 6.45) is 1.92. The van der Waals surface area contributed by atoms with Crippen molar-refractivity contribution in [3.8, 4) is 11.3 Å². The third-order valence-electron chi connectivity index (χ3n) is 2.43. The van der Waals surface area contributed by atoms with Crippen molar-refractivity contribution in [2.75, 3.05) is 6.54 Å². The lowest BCUT2D eigenvalue weighted by molar-refractivity contribution is -0.118. The summed E-state index contributed by atoms with van der Waals surface area (Å²) < 4.78 is 1.83. The molecule has 0 spiro atoms. The first-order chi connectivity index (χ1) is 8.25. The Balaban J connectivity index is 1.99. The average Bonchev–Trinajstić information content (AvgIpc) is 2.78. The van der Waals surface area contributed by atoms with Gasteiger partial charge in [0.1, 0.15) is 0 Å². The van der Waals surface area contributed by atoms with Crippen molar-refractivity contribution in [3.63, 3.8) is 0 Å². The molecule has 0 saturated carbocycles. The van der Waals surface area contributed by atoms with Gasteiger partial charge in [0.05, 0.1) is 12.2 Å². The molecule has 0 fully saturated rings. The van der Waals surface area contributed by atoms with Crippen LogP contribution in [0.5, 0.6) is 0 Å². The van der Waals surface area contributed by atoms with Crippen LogP contribution >= 0.6 is 0 Å². The smallest absolute Gasteiger partial charge is 0.216 e. The molecule has 2 rings (SSSR count). The van der Waals surface area contributed by atoms with Gasteiger partial charge in [0.25, 0.3) is 0 Å². The van der Waals surface area contributed by atoms with Crippen LogP contribution in [0.2, 0.25) is 0 Å². The number of aromatic nitrogens is 2. The first-order valence-corrected chi connectivity index (χ1v) is 5.59. The van der Waals surface area contributed by atoms with Crippen molar-refractivity contribution in [1.29, 1.82) is 0 Å². The lowest BCUT2D eigenvalue weighted by Gasteiger charge is -2.02. The van der Waals surface area contributed by atoms with E-state index in [1.807, 2.05) is 47.3 Å². The van der Waals surface area contributed by atoms with E-state index >= 15 is 0 Å². The molecule has 0 radical (unpaired) electrons. The molecule has 0 unspecified atom stereocenters. The maximum Gasteiger partial charge on any atom is 0.216 e. The van der Waals surface area contributed by atoms with Gasteiger partial charge < -0.3 is 5.32 Å². The highest BCUT2D eigenvalue weighted by atomic mass is 16.1. The van der Waals surface area contributed by atoms with E-state index in [9.17, 15) is 4.79 Å². The SMILES string of the molecule is CC(=O)NCCn1ccc(-c2ccccc2)n1. The summed E-state index contributed by atoms with van der Waals surface area (Å²) >= 11 is 0. The van der Waals surface area contributed by atoms with Gasteiger partial charge in [0, 0.05) is 25.2 Å². The molecule has 2 aromatic rings. The first kappa shape index (κ1) is 11.4. The van der Waals surface area contributed by atoms with E-state index in [0.29, 0.717) is 13.1 Å². The van der Waals surface area contributed by atoms with Crippen molar-refractivity contribution in [2.24, 2.45) is 0 Å². The molecule has 4 heteroatoms. The number of nitrogens with one attached hydrogen (secondary N) is 1. The fourth-order valence-electron chi connectivity index (χ4n) is 1.60. The molecular weight excluding hydrogens is 214 g/mol. The Kier molecular flexibility index (Phi) is 3.55. The highest BCUT2D eigenvalue weighted by Crippen LogP contribution is 2.15. The van der Waals surface area contributed by atoms with Gasteiger partial charge in [0.2, 0.25) is 5.91 Å². The Labute approximate surface area is 100 Å². The van der Waals surface area contributed by atoms with E-state index < -0.39 is 0 Å². The number of amides is 1. The van der Waals surface area contributed by atoms with E-state index in [-0.39, 0.29) is 5.91 Å². The average molecular weight is 229 g/mol. The second-order valence-electron chi connectivity index (χ2n) is 3.81.